The summed E-state index contributed by atoms with van der Waals surface area (Å²) < 4.78 is 5.47. The van der Waals surface area contributed by atoms with Gasteiger partial charge in [-0.3, -0.25) is 4.79 Å². The molecule has 1 fully saturated rings. The second kappa shape index (κ2) is 9.29. The van der Waals surface area contributed by atoms with E-state index in [1.165, 1.54) is 0 Å². The number of benzene rings is 2. The second-order valence-corrected chi connectivity index (χ2v) is 9.51. The van der Waals surface area contributed by atoms with Crippen LogP contribution in [0.25, 0.3) is 33.3 Å². The van der Waals surface area contributed by atoms with Crippen LogP contribution in [0.2, 0.25) is 5.02 Å². The molecule has 178 valence electrons. The molecule has 0 amide bonds. The number of halogens is 1. The summed E-state index contributed by atoms with van der Waals surface area (Å²) in [6.07, 6.45) is 0. The van der Waals surface area contributed by atoms with Gasteiger partial charge in [-0.15, -0.1) is 0 Å². The lowest BCUT2D eigenvalue weighted by molar-refractivity contribution is 0.122. The van der Waals surface area contributed by atoms with Gasteiger partial charge in [0.05, 0.1) is 35.5 Å². The average molecular weight is 481 g/mol. The van der Waals surface area contributed by atoms with Gasteiger partial charge in [0.15, 0.2) is 0 Å². The molecule has 8 nitrogen and oxygen atoms in total. The van der Waals surface area contributed by atoms with E-state index in [9.17, 15) is 4.79 Å². The van der Waals surface area contributed by atoms with Crippen LogP contribution in [0.15, 0.2) is 41.2 Å². The van der Waals surface area contributed by atoms with Gasteiger partial charge >= 0.3 is 0 Å². The Morgan fingerprint density at radius 2 is 1.94 bits per heavy atom. The van der Waals surface area contributed by atoms with Crippen LogP contribution in [-0.2, 0) is 4.74 Å². The number of hydrogen-bond donors (Lipinski definition) is 4. The lowest BCUT2D eigenvalue weighted by Crippen LogP contribution is -2.36. The number of fused-ring (bicyclic) bond motifs is 2. The molecule has 1 saturated heterocycles. The van der Waals surface area contributed by atoms with Gasteiger partial charge in [0, 0.05) is 41.8 Å². The van der Waals surface area contributed by atoms with Crippen molar-refractivity contribution < 1.29 is 4.74 Å². The van der Waals surface area contributed by atoms with Crippen molar-refractivity contribution in [3.8, 4) is 11.4 Å². The van der Waals surface area contributed by atoms with Crippen LogP contribution in [0.5, 0.6) is 0 Å². The van der Waals surface area contributed by atoms with Crippen molar-refractivity contribution in [1.29, 1.82) is 0 Å². The quantitative estimate of drug-likeness (QED) is 0.332. The number of anilines is 2. The van der Waals surface area contributed by atoms with Crippen LogP contribution in [0.3, 0.4) is 0 Å². The third-order valence-electron chi connectivity index (χ3n) is 6.43. The molecule has 1 aliphatic heterocycles. The van der Waals surface area contributed by atoms with Crippen molar-refractivity contribution in [1.82, 2.24) is 15.0 Å². The first-order valence-electron chi connectivity index (χ1n) is 11.6. The molecule has 0 saturated carbocycles. The number of nitrogens with zero attached hydrogens (tertiary/aromatic N) is 2. The van der Waals surface area contributed by atoms with E-state index in [-0.39, 0.29) is 17.5 Å². The molecule has 0 bridgehead atoms. The lowest BCUT2D eigenvalue weighted by Gasteiger charge is -2.28. The minimum absolute atomic E-state index is 0.0758. The predicted octanol–water partition coefficient (Wildman–Crippen LogP) is 3.96. The van der Waals surface area contributed by atoms with Crippen LogP contribution in [0.1, 0.15) is 13.8 Å². The molecule has 9 heteroatoms. The fourth-order valence-corrected chi connectivity index (χ4v) is 4.44. The second-order valence-electron chi connectivity index (χ2n) is 9.07. The number of morpholine rings is 1. The van der Waals surface area contributed by atoms with Gasteiger partial charge < -0.3 is 30.7 Å². The first kappa shape index (κ1) is 22.7. The molecule has 1 aliphatic rings. The number of aromatic nitrogens is 3. The summed E-state index contributed by atoms with van der Waals surface area (Å²) in [5.41, 5.74) is 10.6. The Morgan fingerprint density at radius 1 is 1.15 bits per heavy atom. The predicted molar refractivity (Wildman–Crippen MR) is 139 cm³/mol. The number of nitrogens with one attached hydrogen (secondary N) is 3. The number of ether oxygens (including phenoxy) is 1. The molecule has 5 N–H and O–H groups in total. The monoisotopic (exact) mass is 480 g/mol. The first-order chi connectivity index (χ1) is 16.4. The molecular weight excluding hydrogens is 452 g/mol. The Hall–Kier alpha value is -3.07. The molecule has 34 heavy (non-hydrogen) atoms. The van der Waals surface area contributed by atoms with Gasteiger partial charge in [0.25, 0.3) is 5.56 Å². The normalized spacial score (nSPS) is 15.4. The van der Waals surface area contributed by atoms with E-state index in [1.807, 2.05) is 18.2 Å². The molecule has 3 heterocycles. The Bertz CT molecular complexity index is 1390. The fraction of sp³-hybridized carbons (Fsp3) is 0.360. The zero-order chi connectivity index (χ0) is 23.8. The summed E-state index contributed by atoms with van der Waals surface area (Å²) in [6.45, 7) is 7.79. The average Bonchev–Trinajstić information content (AvgIpc) is 3.25. The Labute approximate surface area is 202 Å². The standard InChI is InChI=1S/C25H29ClN6O2/c1-14(2)18(27)13-28-23-17-11-15(26)3-5-19(17)31-25(33)22(23)24-29-20-6-4-16(12-21(20)30-24)32-7-9-34-10-8-32/h3-6,11-12,14,18H,7-10,13,27H2,1-2H3,(H,29,30)(H2,28,31,33). The minimum atomic E-state index is -0.233. The number of hydrogen-bond acceptors (Lipinski definition) is 6. The minimum Gasteiger partial charge on any atom is -0.382 e. The fourth-order valence-electron chi connectivity index (χ4n) is 4.26. The molecule has 2 aromatic heterocycles. The maximum atomic E-state index is 13.3. The van der Waals surface area contributed by atoms with Crippen LogP contribution < -0.4 is 21.5 Å². The zero-order valence-corrected chi connectivity index (χ0v) is 20.1. The summed E-state index contributed by atoms with van der Waals surface area (Å²) in [6, 6.07) is 11.5. The van der Waals surface area contributed by atoms with E-state index in [1.54, 1.807) is 6.07 Å². The Balaban J connectivity index is 1.62. The number of aromatic amines is 2. The van der Waals surface area contributed by atoms with Gasteiger partial charge in [0.2, 0.25) is 0 Å². The van der Waals surface area contributed by atoms with E-state index < -0.39 is 0 Å². The van der Waals surface area contributed by atoms with Crippen LogP contribution in [0, 0.1) is 5.92 Å². The Kier molecular flexibility index (Phi) is 6.20. The van der Waals surface area contributed by atoms with E-state index >= 15 is 0 Å². The largest absolute Gasteiger partial charge is 0.382 e. The van der Waals surface area contributed by atoms with E-state index in [0.717, 1.165) is 48.4 Å². The van der Waals surface area contributed by atoms with Crippen LogP contribution in [-0.4, -0.2) is 53.8 Å². The van der Waals surface area contributed by atoms with Crippen molar-refractivity contribution in [3.05, 3.63) is 51.8 Å². The number of H-pyrrole nitrogens is 2. The van der Waals surface area contributed by atoms with Crippen molar-refractivity contribution >= 4 is 44.9 Å². The van der Waals surface area contributed by atoms with Gasteiger partial charge in [-0.1, -0.05) is 25.4 Å². The highest BCUT2D eigenvalue weighted by atomic mass is 35.5. The van der Waals surface area contributed by atoms with Crippen molar-refractivity contribution in [3.63, 3.8) is 0 Å². The van der Waals surface area contributed by atoms with Crippen LogP contribution in [0.4, 0.5) is 11.4 Å². The Morgan fingerprint density at radius 3 is 2.71 bits per heavy atom. The topological polar surface area (TPSA) is 112 Å². The highest BCUT2D eigenvalue weighted by Gasteiger charge is 2.20. The van der Waals surface area contributed by atoms with Crippen LogP contribution >= 0.6 is 11.6 Å². The summed E-state index contributed by atoms with van der Waals surface area (Å²) in [5, 5.41) is 4.82. The lowest BCUT2D eigenvalue weighted by atomic mass is 10.0. The molecule has 4 aromatic rings. The SMILES string of the molecule is CC(C)C(N)CNc1c(-c2nc3ccc(N4CCOCC4)cc3[nH]2)c(=O)[nH]c2ccc(Cl)cc12. The van der Waals surface area contributed by atoms with Crippen molar-refractivity contribution in [2.45, 2.75) is 19.9 Å². The van der Waals surface area contributed by atoms with Gasteiger partial charge in [-0.25, -0.2) is 4.98 Å². The molecular formula is C25H29ClN6O2. The van der Waals surface area contributed by atoms with E-state index in [4.69, 9.17) is 27.1 Å². The van der Waals surface area contributed by atoms with Gasteiger partial charge in [-0.05, 0) is 42.3 Å². The summed E-state index contributed by atoms with van der Waals surface area (Å²) in [7, 11) is 0. The molecule has 0 spiro atoms. The molecule has 1 atom stereocenters. The zero-order valence-electron chi connectivity index (χ0n) is 19.3. The first-order valence-corrected chi connectivity index (χ1v) is 12.0. The molecule has 0 radical (unpaired) electrons. The summed E-state index contributed by atoms with van der Waals surface area (Å²) >= 11 is 6.32. The number of rotatable bonds is 6. The number of imidazole rings is 1. The molecule has 0 aliphatic carbocycles. The maximum Gasteiger partial charge on any atom is 0.261 e. The molecule has 1 unspecified atom stereocenters. The van der Waals surface area contributed by atoms with E-state index in [2.05, 4.69) is 46.2 Å². The smallest absolute Gasteiger partial charge is 0.261 e. The number of pyridine rings is 1. The van der Waals surface area contributed by atoms with E-state index in [0.29, 0.717) is 34.2 Å². The molecule has 2 aromatic carbocycles. The highest BCUT2D eigenvalue weighted by molar-refractivity contribution is 6.31. The number of nitrogens with two attached hydrogens (primary N) is 1. The van der Waals surface area contributed by atoms with Crippen molar-refractivity contribution in [2.75, 3.05) is 43.1 Å². The molecule has 5 rings (SSSR count). The highest BCUT2D eigenvalue weighted by Crippen LogP contribution is 2.33. The van der Waals surface area contributed by atoms with Crippen molar-refractivity contribution in [2.24, 2.45) is 11.7 Å². The maximum absolute atomic E-state index is 13.3. The van der Waals surface area contributed by atoms with Gasteiger partial charge in [-0.2, -0.15) is 0 Å². The van der Waals surface area contributed by atoms with Gasteiger partial charge in [0.1, 0.15) is 11.4 Å². The summed E-state index contributed by atoms with van der Waals surface area (Å²) in [5.74, 6) is 0.787. The third kappa shape index (κ3) is 4.36. The summed E-state index contributed by atoms with van der Waals surface area (Å²) in [4.78, 5) is 26.7. The third-order valence-corrected chi connectivity index (χ3v) is 6.66.